The van der Waals surface area contributed by atoms with E-state index in [1.54, 1.807) is 7.11 Å². The van der Waals surface area contributed by atoms with Gasteiger partial charge in [-0.15, -0.1) is 0 Å². The van der Waals surface area contributed by atoms with Crippen molar-refractivity contribution in [2.24, 2.45) is 5.92 Å². The highest BCUT2D eigenvalue weighted by Gasteiger charge is 2.25. The Hall–Kier alpha value is -1.43. The van der Waals surface area contributed by atoms with Crippen molar-refractivity contribution in [1.29, 1.82) is 0 Å². The molecule has 0 spiro atoms. The lowest BCUT2D eigenvalue weighted by Crippen LogP contribution is -2.38. The van der Waals surface area contributed by atoms with Crippen molar-refractivity contribution in [2.45, 2.75) is 64.3 Å². The summed E-state index contributed by atoms with van der Waals surface area (Å²) in [5, 5.41) is 5.75. The molecule has 1 aliphatic rings. The molecular weight excluding hydrogens is 296 g/mol. The first kappa shape index (κ1) is 19.6. The Bertz CT molecular complexity index is 390. The number of carbonyl (C=O) groups is 3. The van der Waals surface area contributed by atoms with Gasteiger partial charge in [-0.05, 0) is 32.1 Å². The summed E-state index contributed by atoms with van der Waals surface area (Å²) in [4.78, 5) is 35.0. The summed E-state index contributed by atoms with van der Waals surface area (Å²) in [5.74, 6) is 0.478. The molecule has 0 aliphatic heterocycles. The number of carbonyl (C=O) groups excluding carboxylic acids is 3. The lowest BCUT2D eigenvalue weighted by atomic mass is 9.83. The van der Waals surface area contributed by atoms with Gasteiger partial charge in [-0.2, -0.15) is 0 Å². The smallest absolute Gasteiger partial charge is 0.220 e. The predicted molar refractivity (Wildman–Crippen MR) is 87.9 cm³/mol. The van der Waals surface area contributed by atoms with Crippen LogP contribution in [0.2, 0.25) is 0 Å². The molecule has 1 saturated carbocycles. The van der Waals surface area contributed by atoms with Gasteiger partial charge >= 0.3 is 0 Å². The van der Waals surface area contributed by atoms with Crippen LogP contribution in [0.5, 0.6) is 0 Å². The van der Waals surface area contributed by atoms with Crippen LogP contribution in [0.3, 0.4) is 0 Å². The second-order valence-electron chi connectivity index (χ2n) is 6.13. The number of methoxy groups -OCH3 is 1. The van der Waals surface area contributed by atoms with Crippen molar-refractivity contribution in [3.05, 3.63) is 0 Å². The largest absolute Gasteiger partial charge is 0.383 e. The second-order valence-corrected chi connectivity index (χ2v) is 6.13. The van der Waals surface area contributed by atoms with Crippen molar-refractivity contribution in [2.75, 3.05) is 20.3 Å². The predicted octanol–water partition coefficient (Wildman–Crippen LogP) is 1.57. The Morgan fingerprint density at radius 2 is 1.70 bits per heavy atom. The number of hydrogen-bond donors (Lipinski definition) is 2. The number of amides is 2. The van der Waals surface area contributed by atoms with E-state index in [1.807, 2.05) is 6.92 Å². The second kappa shape index (κ2) is 11.2. The molecule has 0 heterocycles. The maximum atomic E-state index is 11.9. The molecule has 0 saturated heterocycles. The lowest BCUT2D eigenvalue weighted by Gasteiger charge is -2.28. The van der Waals surface area contributed by atoms with Crippen LogP contribution in [0.25, 0.3) is 0 Å². The Morgan fingerprint density at radius 1 is 1.04 bits per heavy atom. The normalized spacial score (nSPS) is 20.8. The van der Waals surface area contributed by atoms with Crippen LogP contribution in [0.15, 0.2) is 0 Å². The quantitative estimate of drug-likeness (QED) is 0.597. The number of ether oxygens (including phenoxy) is 1. The van der Waals surface area contributed by atoms with Crippen molar-refractivity contribution >= 4 is 17.6 Å². The monoisotopic (exact) mass is 326 g/mol. The van der Waals surface area contributed by atoms with Crippen LogP contribution in [-0.2, 0) is 19.1 Å². The number of Topliss-reactive ketones (excluding diaryl/α,β-unsaturated/α-hetero) is 1. The Labute approximate surface area is 138 Å². The van der Waals surface area contributed by atoms with Crippen LogP contribution in [0, 0.1) is 5.92 Å². The first-order valence-electron chi connectivity index (χ1n) is 8.64. The number of hydrogen-bond acceptors (Lipinski definition) is 4. The summed E-state index contributed by atoms with van der Waals surface area (Å²) >= 11 is 0. The van der Waals surface area contributed by atoms with E-state index in [2.05, 4.69) is 10.6 Å². The zero-order valence-corrected chi connectivity index (χ0v) is 14.4. The fourth-order valence-electron chi connectivity index (χ4n) is 2.94. The molecule has 0 unspecified atom stereocenters. The number of nitrogens with one attached hydrogen (secondary N) is 2. The lowest BCUT2D eigenvalue weighted by molar-refractivity contribution is -0.123. The van der Waals surface area contributed by atoms with E-state index in [4.69, 9.17) is 4.74 Å². The average Bonchev–Trinajstić information content (AvgIpc) is 2.55. The minimum Gasteiger partial charge on any atom is -0.383 e. The van der Waals surface area contributed by atoms with Gasteiger partial charge in [0.15, 0.2) is 0 Å². The molecule has 0 radical (unpaired) electrons. The molecule has 6 heteroatoms. The molecule has 0 aromatic heterocycles. The van der Waals surface area contributed by atoms with Gasteiger partial charge in [0.05, 0.1) is 6.61 Å². The fourth-order valence-corrected chi connectivity index (χ4v) is 2.94. The molecule has 2 amide bonds. The van der Waals surface area contributed by atoms with Gasteiger partial charge in [0.2, 0.25) is 11.8 Å². The molecule has 6 nitrogen and oxygen atoms in total. The molecule has 2 N–H and O–H groups in total. The molecule has 1 aliphatic carbocycles. The van der Waals surface area contributed by atoms with Crippen molar-refractivity contribution in [3.8, 4) is 0 Å². The van der Waals surface area contributed by atoms with Crippen LogP contribution >= 0.6 is 0 Å². The maximum absolute atomic E-state index is 11.9. The van der Waals surface area contributed by atoms with Gasteiger partial charge in [0.1, 0.15) is 5.78 Å². The third-order valence-electron chi connectivity index (χ3n) is 4.33. The Kier molecular flexibility index (Phi) is 9.52. The van der Waals surface area contributed by atoms with Crippen LogP contribution < -0.4 is 10.6 Å². The number of rotatable bonds is 10. The summed E-state index contributed by atoms with van der Waals surface area (Å²) in [6, 6.07) is 0.180. The third kappa shape index (κ3) is 8.11. The van der Waals surface area contributed by atoms with Crippen molar-refractivity contribution in [3.63, 3.8) is 0 Å². The van der Waals surface area contributed by atoms with Gasteiger partial charge in [0, 0.05) is 44.9 Å². The van der Waals surface area contributed by atoms with Crippen LogP contribution in [0.1, 0.15) is 58.3 Å². The third-order valence-corrected chi connectivity index (χ3v) is 4.33. The first-order valence-corrected chi connectivity index (χ1v) is 8.64. The highest BCUT2D eigenvalue weighted by Crippen LogP contribution is 2.25. The standard InChI is InChI=1S/C17H30N2O4/c1-3-15(20)13-7-9-14(10-8-13)19-17(22)6-4-5-16(21)18-11-12-23-2/h13-14H,3-12H2,1-2H3,(H,18,21)(H,19,22). The van der Waals surface area contributed by atoms with Crippen LogP contribution in [-0.4, -0.2) is 43.9 Å². The van der Waals surface area contributed by atoms with E-state index in [1.165, 1.54) is 0 Å². The zero-order chi connectivity index (χ0) is 17.1. The maximum Gasteiger partial charge on any atom is 0.220 e. The Morgan fingerprint density at radius 3 is 2.30 bits per heavy atom. The van der Waals surface area contributed by atoms with E-state index < -0.39 is 0 Å². The summed E-state index contributed by atoms with van der Waals surface area (Å²) in [5.41, 5.74) is 0. The van der Waals surface area contributed by atoms with E-state index in [-0.39, 0.29) is 23.8 Å². The molecule has 0 aromatic carbocycles. The van der Waals surface area contributed by atoms with Gasteiger partial charge in [-0.25, -0.2) is 0 Å². The van der Waals surface area contributed by atoms with E-state index in [0.29, 0.717) is 44.6 Å². The van der Waals surface area contributed by atoms with Crippen molar-refractivity contribution < 1.29 is 19.1 Å². The van der Waals surface area contributed by atoms with Gasteiger partial charge in [0.25, 0.3) is 0 Å². The molecule has 0 bridgehead atoms. The van der Waals surface area contributed by atoms with Gasteiger partial charge in [-0.3, -0.25) is 14.4 Å². The molecule has 23 heavy (non-hydrogen) atoms. The highest BCUT2D eigenvalue weighted by molar-refractivity contribution is 5.81. The Balaban J connectivity index is 2.11. The molecule has 0 atom stereocenters. The molecule has 1 rings (SSSR count). The summed E-state index contributed by atoms with van der Waals surface area (Å²) in [6.07, 6.45) is 5.38. The van der Waals surface area contributed by atoms with Crippen molar-refractivity contribution in [1.82, 2.24) is 10.6 Å². The highest BCUT2D eigenvalue weighted by atomic mass is 16.5. The average molecular weight is 326 g/mol. The molecular formula is C17H30N2O4. The van der Waals surface area contributed by atoms with E-state index in [0.717, 1.165) is 25.7 Å². The summed E-state index contributed by atoms with van der Waals surface area (Å²) in [6.45, 7) is 2.90. The minimum atomic E-state index is -0.0477. The van der Waals surface area contributed by atoms with Crippen LogP contribution in [0.4, 0.5) is 0 Å². The zero-order valence-electron chi connectivity index (χ0n) is 14.4. The fraction of sp³-hybridized carbons (Fsp3) is 0.824. The molecule has 0 aromatic rings. The SMILES string of the molecule is CCC(=O)C1CCC(NC(=O)CCCC(=O)NCCOC)CC1. The first-order chi connectivity index (χ1) is 11.1. The summed E-state index contributed by atoms with van der Waals surface area (Å²) in [7, 11) is 1.59. The topological polar surface area (TPSA) is 84.5 Å². The minimum absolute atomic E-state index is 0.0000374. The summed E-state index contributed by atoms with van der Waals surface area (Å²) < 4.78 is 4.85. The van der Waals surface area contributed by atoms with E-state index >= 15 is 0 Å². The van der Waals surface area contributed by atoms with Gasteiger partial charge in [-0.1, -0.05) is 6.92 Å². The van der Waals surface area contributed by atoms with E-state index in [9.17, 15) is 14.4 Å². The number of ketones is 1. The molecule has 1 fully saturated rings. The molecule has 132 valence electrons. The van der Waals surface area contributed by atoms with Gasteiger partial charge < -0.3 is 15.4 Å².